The van der Waals surface area contributed by atoms with E-state index in [2.05, 4.69) is 9.47 Å². The predicted molar refractivity (Wildman–Crippen MR) is 156 cm³/mol. The minimum absolute atomic E-state index is 0.103. The third-order valence-electron chi connectivity index (χ3n) is 6.41. The molecule has 0 aromatic heterocycles. The van der Waals surface area contributed by atoms with E-state index >= 15 is 0 Å². The van der Waals surface area contributed by atoms with Crippen LogP contribution in [0.1, 0.15) is 31.8 Å². The first-order valence-electron chi connectivity index (χ1n) is 14.1. The zero-order chi connectivity index (χ0) is 42.7. The average molecular weight is 851 g/mol. The second-order valence-electron chi connectivity index (χ2n) is 10.4. The minimum Gasteiger partial charge on any atom is -0.478 e. The van der Waals surface area contributed by atoms with Crippen molar-refractivity contribution in [1.82, 2.24) is 0 Å². The third kappa shape index (κ3) is 11.7. The molecule has 0 saturated carbocycles. The molecule has 4 aromatic carbocycles. The van der Waals surface area contributed by atoms with Gasteiger partial charge in [-0.15, -0.1) is 26.3 Å². The molecule has 0 aliphatic heterocycles. The van der Waals surface area contributed by atoms with Gasteiger partial charge >= 0.3 is 42.9 Å². The fraction of sp³-hybridized carbons (Fsp3) is 0.188. The van der Waals surface area contributed by atoms with E-state index in [-0.39, 0.29) is 23.6 Å². The van der Waals surface area contributed by atoms with Gasteiger partial charge in [-0.05, 0) is 96.5 Å². The zero-order valence-electron chi connectivity index (χ0n) is 26.4. The van der Waals surface area contributed by atoms with E-state index in [9.17, 15) is 79.8 Å². The fourth-order valence-corrected chi connectivity index (χ4v) is 4.10. The molecule has 56 heavy (non-hydrogen) atoms. The summed E-state index contributed by atoms with van der Waals surface area (Å²) in [4.78, 5) is 22.6. The van der Waals surface area contributed by atoms with Crippen LogP contribution in [0.2, 0.25) is 0 Å². The molecule has 304 valence electrons. The summed E-state index contributed by atoms with van der Waals surface area (Å²) in [5.74, 6) is -15.1. The van der Waals surface area contributed by atoms with Crippen molar-refractivity contribution >= 4 is 22.8 Å². The summed E-state index contributed by atoms with van der Waals surface area (Å²) >= 11 is 5.22. The van der Waals surface area contributed by atoms with Crippen LogP contribution < -0.4 is 18.9 Å². The molecule has 0 aliphatic carbocycles. The third-order valence-corrected chi connectivity index (χ3v) is 6.61. The minimum atomic E-state index is -5.94. The van der Waals surface area contributed by atoms with E-state index in [4.69, 9.17) is 26.2 Å². The lowest BCUT2D eigenvalue weighted by molar-refractivity contribution is -0.289. The molecule has 0 heterocycles. The van der Waals surface area contributed by atoms with Crippen molar-refractivity contribution in [2.24, 2.45) is 0 Å². The molecule has 0 amide bonds. The molecule has 1 N–H and O–H groups in total. The first-order valence-corrected chi connectivity index (χ1v) is 14.5. The molecule has 0 saturated heterocycles. The van der Waals surface area contributed by atoms with Gasteiger partial charge in [0.05, 0.1) is 5.56 Å². The van der Waals surface area contributed by atoms with Crippen LogP contribution in [0.3, 0.4) is 0 Å². The van der Waals surface area contributed by atoms with Crippen LogP contribution in [0.4, 0.5) is 70.2 Å². The number of hydrogen-bond acceptors (Lipinski definition) is 6. The number of halogens is 17. The predicted octanol–water partition coefficient (Wildman–Crippen LogP) is 12.1. The van der Waals surface area contributed by atoms with Gasteiger partial charge in [0.2, 0.25) is 0 Å². The Morgan fingerprint density at radius 2 is 0.768 bits per heavy atom. The van der Waals surface area contributed by atoms with Gasteiger partial charge in [-0.2, -0.15) is 43.9 Å². The number of carbonyl (C=O) groups is 2. The number of ether oxygens (including phenoxy) is 4. The number of benzene rings is 4. The van der Waals surface area contributed by atoms with Crippen LogP contribution in [0.5, 0.6) is 34.5 Å². The van der Waals surface area contributed by atoms with Gasteiger partial charge in [-0.3, -0.25) is 4.79 Å². The van der Waals surface area contributed by atoms with Crippen molar-refractivity contribution < 1.29 is 104 Å². The van der Waals surface area contributed by atoms with Crippen LogP contribution in [-0.2, 0) is 11.8 Å². The molecule has 0 atom stereocenters. The largest absolute Gasteiger partial charge is 0.573 e. The van der Waals surface area contributed by atoms with E-state index in [1.807, 2.05) is 0 Å². The first kappa shape index (κ1) is 44.8. The molecule has 0 fully saturated rings. The summed E-state index contributed by atoms with van der Waals surface area (Å²) in [6, 6.07) is 9.53. The highest BCUT2D eigenvalue weighted by molar-refractivity contribution is 6.68. The Bertz CT molecular complexity index is 1860. The first-order chi connectivity index (χ1) is 25.4. The lowest BCUT2D eigenvalue weighted by Crippen LogP contribution is -2.33. The molecule has 0 unspecified atom stereocenters. The number of carboxylic acid groups (broad SMARTS) is 1. The Hall–Kier alpha value is -5.61. The number of carbonyl (C=O) groups excluding carboxylic acids is 1. The molecule has 4 aromatic rings. The van der Waals surface area contributed by atoms with Gasteiger partial charge in [0.15, 0.2) is 0 Å². The van der Waals surface area contributed by atoms with E-state index in [1.165, 1.54) is 0 Å². The summed E-state index contributed by atoms with van der Waals surface area (Å²) in [5, 5.41) is 7.67. The Labute approximate surface area is 305 Å². The lowest BCUT2D eigenvalue weighted by atomic mass is 10.0. The number of hydrogen-bond donors (Lipinski definition) is 1. The maximum absolute atomic E-state index is 13.4. The quantitative estimate of drug-likeness (QED) is 0.125. The van der Waals surface area contributed by atoms with Crippen LogP contribution in [-0.4, -0.2) is 41.4 Å². The molecule has 24 heteroatoms. The summed E-state index contributed by atoms with van der Waals surface area (Å²) in [6.07, 6.45) is -21.7. The molecular weight excluding hydrogens is 836 g/mol. The fourth-order valence-electron chi connectivity index (χ4n) is 3.95. The highest BCUT2D eigenvalue weighted by Gasteiger charge is 2.59. The van der Waals surface area contributed by atoms with E-state index in [0.29, 0.717) is 24.3 Å². The van der Waals surface area contributed by atoms with Gasteiger partial charge < -0.3 is 24.1 Å². The second-order valence-corrected chi connectivity index (χ2v) is 10.7. The van der Waals surface area contributed by atoms with E-state index < -0.39 is 93.4 Å². The topological polar surface area (TPSA) is 91.3 Å². The Kier molecular flexibility index (Phi) is 13.0. The monoisotopic (exact) mass is 850 g/mol. The number of alkyl halides is 16. The van der Waals surface area contributed by atoms with Gasteiger partial charge in [0, 0.05) is 11.1 Å². The average Bonchev–Trinajstić information content (AvgIpc) is 3.04. The molecular formula is C32H15ClF16O7. The lowest BCUT2D eigenvalue weighted by Gasteiger charge is -2.21. The van der Waals surface area contributed by atoms with E-state index in [1.54, 1.807) is 0 Å². The van der Waals surface area contributed by atoms with Crippen molar-refractivity contribution in [1.29, 1.82) is 0 Å². The van der Waals surface area contributed by atoms with Crippen molar-refractivity contribution in [3.8, 4) is 34.5 Å². The van der Waals surface area contributed by atoms with Crippen LogP contribution in [0.15, 0.2) is 84.9 Å². The summed E-state index contributed by atoms with van der Waals surface area (Å²) < 4.78 is 218. The van der Waals surface area contributed by atoms with Crippen LogP contribution >= 0.6 is 11.6 Å². The highest BCUT2D eigenvalue weighted by atomic mass is 35.5. The molecule has 7 nitrogen and oxygen atoms in total. The summed E-state index contributed by atoms with van der Waals surface area (Å²) in [5.41, 5.74) is -4.94. The number of rotatable bonds is 10. The van der Waals surface area contributed by atoms with Crippen molar-refractivity contribution in [3.05, 3.63) is 107 Å². The zero-order valence-corrected chi connectivity index (χ0v) is 27.2. The Balaban J connectivity index is 0.000000300. The SMILES string of the molecule is O=C(Cl)c1cc(C(F)(F)C(F)(F)F)ccc1Oc1ccc(OC(F)(F)F)cc1.O=C(O)c1cc(C(F)(F)C(F)(F)F)ccc1Oc1ccc(OC(F)(F)F)cc1. The van der Waals surface area contributed by atoms with E-state index in [0.717, 1.165) is 48.5 Å². The normalized spacial score (nSPS) is 12.6. The molecule has 0 spiro atoms. The van der Waals surface area contributed by atoms with Gasteiger partial charge in [0.25, 0.3) is 5.24 Å². The number of carboxylic acids is 1. The van der Waals surface area contributed by atoms with Crippen LogP contribution in [0.25, 0.3) is 0 Å². The standard InChI is InChI=1S/C16H7ClF8O3.C16H8F8O4/c17-13(26)11-7-8(14(18,19)15(20,21)22)1-6-12(11)27-9-2-4-10(5-3-9)28-16(23,24)25;17-14(18,15(19,20)21)8-1-6-12(11(7-8)13(25)26)27-9-2-4-10(5-3-9)28-16(22,23)24/h1-7H;1-7H,(H,25,26). The maximum atomic E-state index is 13.4. The highest BCUT2D eigenvalue weighted by Crippen LogP contribution is 2.46. The smallest absolute Gasteiger partial charge is 0.478 e. The summed E-state index contributed by atoms with van der Waals surface area (Å²) in [7, 11) is 0. The maximum Gasteiger partial charge on any atom is 0.573 e. The van der Waals surface area contributed by atoms with Crippen molar-refractivity contribution in [2.75, 3.05) is 0 Å². The van der Waals surface area contributed by atoms with Gasteiger partial charge in [-0.1, -0.05) is 0 Å². The molecule has 0 radical (unpaired) electrons. The number of aromatic carboxylic acids is 1. The Morgan fingerprint density at radius 3 is 1.05 bits per heavy atom. The van der Waals surface area contributed by atoms with Crippen molar-refractivity contribution in [2.45, 2.75) is 36.9 Å². The molecule has 0 aliphatic rings. The van der Waals surface area contributed by atoms with Gasteiger partial charge in [0.1, 0.15) is 40.1 Å². The molecule has 4 rings (SSSR count). The Morgan fingerprint density at radius 1 is 0.464 bits per heavy atom. The summed E-state index contributed by atoms with van der Waals surface area (Å²) in [6.45, 7) is 0. The molecule has 0 bridgehead atoms. The van der Waals surface area contributed by atoms with Crippen molar-refractivity contribution in [3.63, 3.8) is 0 Å². The van der Waals surface area contributed by atoms with Gasteiger partial charge in [-0.25, -0.2) is 4.79 Å². The second kappa shape index (κ2) is 16.2. The van der Waals surface area contributed by atoms with Crippen LogP contribution in [0, 0.1) is 0 Å².